The van der Waals surface area contributed by atoms with Crippen molar-refractivity contribution in [3.8, 4) is 0 Å². The normalized spacial score (nSPS) is 18.0. The van der Waals surface area contributed by atoms with Crippen molar-refractivity contribution in [1.82, 2.24) is 23.8 Å². The van der Waals surface area contributed by atoms with E-state index in [4.69, 9.17) is 11.5 Å². The Bertz CT molecular complexity index is 793. The Kier molecular flexibility index (Phi) is 3.65. The molecule has 2 aromatic heterocycles. The Morgan fingerprint density at radius 3 is 2.59 bits per heavy atom. The Labute approximate surface area is 128 Å². The lowest BCUT2D eigenvalue weighted by Crippen LogP contribution is -2.39. The summed E-state index contributed by atoms with van der Waals surface area (Å²) >= 11 is 0. The number of nitrogens with two attached hydrogens (primary N) is 2. The van der Waals surface area contributed by atoms with Gasteiger partial charge in [-0.25, -0.2) is 17.7 Å². The zero-order chi connectivity index (χ0) is 15.9. The summed E-state index contributed by atoms with van der Waals surface area (Å²) in [6, 6.07) is 0.127. The zero-order valence-corrected chi connectivity index (χ0v) is 13.1. The highest BCUT2D eigenvalue weighted by Crippen LogP contribution is 2.28. The van der Waals surface area contributed by atoms with Crippen molar-refractivity contribution in [2.75, 3.05) is 30.3 Å². The fourth-order valence-electron chi connectivity index (χ4n) is 2.80. The number of sulfonamides is 1. The molecule has 2 aromatic rings. The summed E-state index contributed by atoms with van der Waals surface area (Å²) in [6.07, 6.45) is 3.08. The minimum absolute atomic E-state index is 0.109. The molecule has 3 heterocycles. The number of nitrogens with zero attached hydrogens (tertiary/aromatic N) is 5. The van der Waals surface area contributed by atoms with E-state index in [0.29, 0.717) is 37.1 Å². The molecule has 1 saturated heterocycles. The molecule has 1 aliphatic heterocycles. The molecule has 9 nitrogen and oxygen atoms in total. The average Bonchev–Trinajstić information content (AvgIpc) is 2.91. The quantitative estimate of drug-likeness (QED) is 0.810. The van der Waals surface area contributed by atoms with E-state index in [2.05, 4.69) is 15.0 Å². The van der Waals surface area contributed by atoms with Crippen molar-refractivity contribution in [3.63, 3.8) is 0 Å². The van der Waals surface area contributed by atoms with Crippen LogP contribution in [0.2, 0.25) is 0 Å². The third-order valence-electron chi connectivity index (χ3n) is 4.04. The molecule has 0 spiro atoms. The lowest BCUT2D eigenvalue weighted by Gasteiger charge is -2.31. The zero-order valence-electron chi connectivity index (χ0n) is 12.3. The third kappa shape index (κ3) is 2.48. The van der Waals surface area contributed by atoms with Crippen molar-refractivity contribution in [2.24, 2.45) is 0 Å². The molecule has 120 valence electrons. The Hall–Kier alpha value is -1.94. The minimum atomic E-state index is -3.13. The molecule has 0 unspecified atom stereocenters. The van der Waals surface area contributed by atoms with E-state index in [-0.39, 0.29) is 23.6 Å². The molecule has 22 heavy (non-hydrogen) atoms. The van der Waals surface area contributed by atoms with Gasteiger partial charge < -0.3 is 16.0 Å². The maximum Gasteiger partial charge on any atom is 0.224 e. The van der Waals surface area contributed by atoms with Gasteiger partial charge in [-0.3, -0.25) is 0 Å². The molecule has 0 aliphatic carbocycles. The van der Waals surface area contributed by atoms with Crippen molar-refractivity contribution in [3.05, 3.63) is 6.33 Å². The summed E-state index contributed by atoms with van der Waals surface area (Å²) in [5.74, 6) is 0.497. The van der Waals surface area contributed by atoms with Gasteiger partial charge >= 0.3 is 0 Å². The summed E-state index contributed by atoms with van der Waals surface area (Å²) in [7, 11) is -3.13. The molecule has 0 atom stereocenters. The SMILES string of the molecule is CCS(=O)(=O)N1CCC(n2cnc3c(N)nc(N)nc32)CC1. The monoisotopic (exact) mass is 325 g/mol. The maximum absolute atomic E-state index is 11.9. The number of hydrogen-bond donors (Lipinski definition) is 2. The van der Waals surface area contributed by atoms with Gasteiger partial charge in [-0.15, -0.1) is 0 Å². The van der Waals surface area contributed by atoms with Gasteiger partial charge in [0.15, 0.2) is 11.5 Å². The Balaban J connectivity index is 1.86. The molecule has 0 bridgehead atoms. The van der Waals surface area contributed by atoms with Crippen LogP contribution in [-0.4, -0.2) is 51.1 Å². The highest BCUT2D eigenvalue weighted by molar-refractivity contribution is 7.89. The molecular formula is C12H19N7O2S. The fourth-order valence-corrected chi connectivity index (χ4v) is 3.94. The van der Waals surface area contributed by atoms with Crippen molar-refractivity contribution in [2.45, 2.75) is 25.8 Å². The van der Waals surface area contributed by atoms with Gasteiger partial charge in [0.2, 0.25) is 16.0 Å². The second-order valence-corrected chi connectivity index (χ2v) is 7.58. The predicted molar refractivity (Wildman–Crippen MR) is 83.5 cm³/mol. The molecule has 0 amide bonds. The number of anilines is 2. The van der Waals surface area contributed by atoms with Gasteiger partial charge in [-0.1, -0.05) is 0 Å². The summed E-state index contributed by atoms with van der Waals surface area (Å²) in [5, 5.41) is 0. The summed E-state index contributed by atoms with van der Waals surface area (Å²) in [4.78, 5) is 12.4. The van der Waals surface area contributed by atoms with Crippen molar-refractivity contribution < 1.29 is 8.42 Å². The van der Waals surface area contributed by atoms with Crippen LogP contribution in [0, 0.1) is 0 Å². The van der Waals surface area contributed by atoms with Crippen molar-refractivity contribution in [1.29, 1.82) is 0 Å². The molecule has 0 aromatic carbocycles. The minimum Gasteiger partial charge on any atom is -0.382 e. The second-order valence-electron chi connectivity index (χ2n) is 5.32. The van der Waals surface area contributed by atoms with Crippen LogP contribution >= 0.6 is 0 Å². The molecule has 1 fully saturated rings. The summed E-state index contributed by atoms with van der Waals surface area (Å²) < 4.78 is 27.3. The van der Waals surface area contributed by atoms with Gasteiger partial charge in [-0.2, -0.15) is 9.97 Å². The van der Waals surface area contributed by atoms with E-state index < -0.39 is 10.0 Å². The van der Waals surface area contributed by atoms with Crippen LogP contribution in [-0.2, 0) is 10.0 Å². The predicted octanol–water partition coefficient (Wildman–Crippen LogP) is -0.0227. The highest BCUT2D eigenvalue weighted by atomic mass is 32.2. The highest BCUT2D eigenvalue weighted by Gasteiger charge is 2.28. The smallest absolute Gasteiger partial charge is 0.224 e. The third-order valence-corrected chi connectivity index (χ3v) is 5.92. The topological polar surface area (TPSA) is 133 Å². The van der Waals surface area contributed by atoms with Crippen LogP contribution in [0.5, 0.6) is 0 Å². The molecular weight excluding hydrogens is 306 g/mol. The number of nitrogen functional groups attached to an aromatic ring is 2. The summed E-state index contributed by atoms with van der Waals surface area (Å²) in [5.41, 5.74) is 12.6. The van der Waals surface area contributed by atoms with Gasteiger partial charge in [0, 0.05) is 19.1 Å². The number of imidazole rings is 1. The Morgan fingerprint density at radius 2 is 1.95 bits per heavy atom. The van der Waals surface area contributed by atoms with Crippen LogP contribution in [0.3, 0.4) is 0 Å². The molecule has 4 N–H and O–H groups in total. The number of rotatable bonds is 3. The van der Waals surface area contributed by atoms with Gasteiger partial charge in [0.05, 0.1) is 12.1 Å². The maximum atomic E-state index is 11.9. The Morgan fingerprint density at radius 1 is 1.27 bits per heavy atom. The van der Waals surface area contributed by atoms with E-state index in [1.165, 1.54) is 0 Å². The van der Waals surface area contributed by atoms with Crippen LogP contribution < -0.4 is 11.5 Å². The first-order chi connectivity index (χ1) is 10.4. The van der Waals surface area contributed by atoms with E-state index in [1.807, 2.05) is 4.57 Å². The number of piperidine rings is 1. The lowest BCUT2D eigenvalue weighted by atomic mass is 10.1. The molecule has 10 heteroatoms. The molecule has 1 aliphatic rings. The van der Waals surface area contributed by atoms with Crippen LogP contribution in [0.25, 0.3) is 11.2 Å². The van der Waals surface area contributed by atoms with Crippen LogP contribution in [0.1, 0.15) is 25.8 Å². The van der Waals surface area contributed by atoms with Gasteiger partial charge in [0.25, 0.3) is 0 Å². The standard InChI is InChI=1S/C12H19N7O2S/c1-2-22(20,21)18-5-3-8(4-6-18)19-7-15-9-10(13)16-12(14)17-11(9)19/h7-8H,2-6H2,1H3,(H4,13,14,16,17). The molecule has 0 saturated carbocycles. The first kappa shape index (κ1) is 15.0. The molecule has 3 rings (SSSR count). The second kappa shape index (κ2) is 5.36. The summed E-state index contributed by atoms with van der Waals surface area (Å²) in [6.45, 7) is 2.65. The van der Waals surface area contributed by atoms with E-state index in [9.17, 15) is 8.42 Å². The largest absolute Gasteiger partial charge is 0.382 e. The van der Waals surface area contributed by atoms with E-state index >= 15 is 0 Å². The van der Waals surface area contributed by atoms with Crippen LogP contribution in [0.4, 0.5) is 11.8 Å². The van der Waals surface area contributed by atoms with Gasteiger partial charge in [0.1, 0.15) is 5.52 Å². The average molecular weight is 325 g/mol. The molecule has 0 radical (unpaired) electrons. The van der Waals surface area contributed by atoms with E-state index in [1.54, 1.807) is 17.6 Å². The van der Waals surface area contributed by atoms with Gasteiger partial charge in [-0.05, 0) is 19.8 Å². The number of fused-ring (bicyclic) bond motifs is 1. The number of hydrogen-bond acceptors (Lipinski definition) is 7. The first-order valence-corrected chi connectivity index (χ1v) is 8.76. The first-order valence-electron chi connectivity index (χ1n) is 7.15. The number of aromatic nitrogens is 4. The van der Waals surface area contributed by atoms with Crippen LogP contribution in [0.15, 0.2) is 6.33 Å². The van der Waals surface area contributed by atoms with Crippen molar-refractivity contribution >= 4 is 33.0 Å². The fraction of sp³-hybridized carbons (Fsp3) is 0.583. The lowest BCUT2D eigenvalue weighted by molar-refractivity contribution is 0.277. The van der Waals surface area contributed by atoms with E-state index in [0.717, 1.165) is 0 Å².